The predicted molar refractivity (Wildman–Crippen MR) is 120 cm³/mol. The van der Waals surface area contributed by atoms with Gasteiger partial charge in [0.1, 0.15) is 10.1 Å². The lowest BCUT2D eigenvalue weighted by atomic mass is 10.2. The van der Waals surface area contributed by atoms with Crippen molar-refractivity contribution >= 4 is 67.8 Å². The van der Waals surface area contributed by atoms with Gasteiger partial charge >= 0.3 is 0 Å². The van der Waals surface area contributed by atoms with Gasteiger partial charge in [-0.25, -0.2) is 0 Å². The molecule has 0 spiro atoms. The van der Waals surface area contributed by atoms with Gasteiger partial charge in [-0.1, -0.05) is 64.2 Å². The zero-order chi connectivity index (χ0) is 20.1. The van der Waals surface area contributed by atoms with Crippen molar-refractivity contribution in [1.82, 2.24) is 4.90 Å². The van der Waals surface area contributed by atoms with Crippen LogP contribution in [0.15, 0.2) is 57.9 Å². The van der Waals surface area contributed by atoms with Crippen LogP contribution in [0.2, 0.25) is 0 Å². The third kappa shape index (κ3) is 5.21. The molecular formula is C20H17BrN2O3S2. The second-order valence-electron chi connectivity index (χ2n) is 6.05. The first-order valence-electron chi connectivity index (χ1n) is 8.53. The van der Waals surface area contributed by atoms with E-state index in [1.807, 2.05) is 30.3 Å². The van der Waals surface area contributed by atoms with Gasteiger partial charge in [0, 0.05) is 17.4 Å². The number of nitrogens with zero attached hydrogens (tertiary/aromatic N) is 1. The number of nitrogens with one attached hydrogen (secondary N) is 1. The standard InChI is InChI=1S/C20H17BrN2O3S2/c21-14-9-7-13(8-10-14)12-17-19(26)23(20(27)28-17)11-3-6-18(25)22-15-4-1-2-5-16(15)24/h1-2,4-5,7-10,12,24H,3,6,11H2,(H,22,25). The Hall–Kier alpha value is -2.16. The van der Waals surface area contributed by atoms with Gasteiger partial charge < -0.3 is 10.4 Å². The number of hydrogen-bond donors (Lipinski definition) is 2. The lowest BCUT2D eigenvalue weighted by molar-refractivity contribution is -0.122. The minimum atomic E-state index is -0.225. The molecule has 5 nitrogen and oxygen atoms in total. The molecule has 0 bridgehead atoms. The monoisotopic (exact) mass is 476 g/mol. The van der Waals surface area contributed by atoms with E-state index >= 15 is 0 Å². The summed E-state index contributed by atoms with van der Waals surface area (Å²) in [5.74, 6) is -0.345. The maximum atomic E-state index is 12.6. The molecule has 0 saturated carbocycles. The highest BCUT2D eigenvalue weighted by atomic mass is 79.9. The summed E-state index contributed by atoms with van der Waals surface area (Å²) in [6, 6.07) is 14.2. The normalized spacial score (nSPS) is 15.3. The second kappa shape index (κ2) is 9.36. The molecule has 144 valence electrons. The van der Waals surface area contributed by atoms with E-state index in [0.29, 0.717) is 27.9 Å². The van der Waals surface area contributed by atoms with Gasteiger partial charge in [-0.3, -0.25) is 14.5 Å². The number of phenols is 1. The lowest BCUT2D eigenvalue weighted by Gasteiger charge is -2.14. The number of anilines is 1. The van der Waals surface area contributed by atoms with Crippen LogP contribution in [0, 0.1) is 0 Å². The van der Waals surface area contributed by atoms with E-state index in [0.717, 1.165) is 10.0 Å². The first-order valence-corrected chi connectivity index (χ1v) is 10.5. The summed E-state index contributed by atoms with van der Waals surface area (Å²) in [5.41, 5.74) is 1.29. The van der Waals surface area contributed by atoms with Crippen LogP contribution >= 0.6 is 39.9 Å². The molecule has 0 aromatic heterocycles. The van der Waals surface area contributed by atoms with E-state index in [9.17, 15) is 14.7 Å². The quantitative estimate of drug-likeness (QED) is 0.356. The Morgan fingerprint density at radius 1 is 1.21 bits per heavy atom. The molecule has 0 radical (unpaired) electrons. The molecule has 1 aliphatic heterocycles. The van der Waals surface area contributed by atoms with Crippen LogP contribution in [0.1, 0.15) is 18.4 Å². The topological polar surface area (TPSA) is 69.6 Å². The number of halogens is 1. The zero-order valence-corrected chi connectivity index (χ0v) is 17.9. The Morgan fingerprint density at radius 2 is 1.93 bits per heavy atom. The van der Waals surface area contributed by atoms with Crippen molar-refractivity contribution < 1.29 is 14.7 Å². The largest absolute Gasteiger partial charge is 0.506 e. The van der Waals surface area contributed by atoms with Crippen molar-refractivity contribution in [3.8, 4) is 5.75 Å². The molecule has 1 heterocycles. The number of rotatable bonds is 6. The number of para-hydroxylation sites is 2. The van der Waals surface area contributed by atoms with Crippen molar-refractivity contribution in [1.29, 1.82) is 0 Å². The Balaban J connectivity index is 1.54. The molecule has 0 atom stereocenters. The molecule has 0 aliphatic carbocycles. The number of thioether (sulfide) groups is 1. The van der Waals surface area contributed by atoms with Crippen LogP contribution in [-0.2, 0) is 9.59 Å². The summed E-state index contributed by atoms with van der Waals surface area (Å²) in [4.78, 5) is 26.8. The van der Waals surface area contributed by atoms with Crippen LogP contribution in [0.4, 0.5) is 5.69 Å². The summed E-state index contributed by atoms with van der Waals surface area (Å²) in [7, 11) is 0. The van der Waals surface area contributed by atoms with E-state index in [2.05, 4.69) is 21.2 Å². The summed E-state index contributed by atoms with van der Waals surface area (Å²) < 4.78 is 1.47. The average molecular weight is 477 g/mol. The number of benzene rings is 2. The number of hydrogen-bond acceptors (Lipinski definition) is 5. The van der Waals surface area contributed by atoms with Crippen LogP contribution in [0.3, 0.4) is 0 Å². The van der Waals surface area contributed by atoms with Gasteiger partial charge in [0.25, 0.3) is 5.91 Å². The SMILES string of the molecule is O=C(CCCN1C(=O)C(=Cc2ccc(Br)cc2)SC1=S)Nc1ccccc1O. The van der Waals surface area contributed by atoms with E-state index < -0.39 is 0 Å². The molecule has 2 N–H and O–H groups in total. The van der Waals surface area contributed by atoms with Crippen LogP contribution in [0.5, 0.6) is 5.75 Å². The Kier molecular flexibility index (Phi) is 6.88. The summed E-state index contributed by atoms with van der Waals surface area (Å²) >= 11 is 9.97. The number of thiocarbonyl (C=S) groups is 1. The van der Waals surface area contributed by atoms with Crippen molar-refractivity contribution in [3.05, 3.63) is 63.5 Å². The van der Waals surface area contributed by atoms with Crippen molar-refractivity contribution in [3.63, 3.8) is 0 Å². The van der Waals surface area contributed by atoms with Gasteiger partial charge in [0.2, 0.25) is 5.91 Å². The van der Waals surface area contributed by atoms with Gasteiger partial charge in [-0.15, -0.1) is 0 Å². The number of carbonyl (C=O) groups is 2. The molecule has 2 aromatic carbocycles. The van der Waals surface area contributed by atoms with Crippen LogP contribution in [0.25, 0.3) is 6.08 Å². The Bertz CT molecular complexity index is 945. The average Bonchev–Trinajstić information content (AvgIpc) is 2.93. The van der Waals surface area contributed by atoms with Crippen molar-refractivity contribution in [2.45, 2.75) is 12.8 Å². The number of carbonyl (C=O) groups excluding carboxylic acids is 2. The molecule has 28 heavy (non-hydrogen) atoms. The molecule has 3 rings (SSSR count). The summed E-state index contributed by atoms with van der Waals surface area (Å²) in [6.07, 6.45) is 2.51. The third-order valence-corrected chi connectivity index (χ3v) is 5.91. The number of phenolic OH excluding ortho intramolecular Hbond substituents is 1. The summed E-state index contributed by atoms with van der Waals surface area (Å²) in [6.45, 7) is 0.372. The fourth-order valence-corrected chi connectivity index (χ4v) is 4.17. The van der Waals surface area contributed by atoms with E-state index in [-0.39, 0.29) is 24.0 Å². The maximum Gasteiger partial charge on any atom is 0.266 e. The highest BCUT2D eigenvalue weighted by Crippen LogP contribution is 2.33. The predicted octanol–water partition coefficient (Wildman–Crippen LogP) is 4.77. The fraction of sp³-hybridized carbons (Fsp3) is 0.150. The van der Waals surface area contributed by atoms with Crippen molar-refractivity contribution in [2.24, 2.45) is 0 Å². The minimum absolute atomic E-state index is 0.0193. The molecule has 8 heteroatoms. The fourth-order valence-electron chi connectivity index (χ4n) is 2.59. The van der Waals surface area contributed by atoms with Gasteiger partial charge in [0.15, 0.2) is 0 Å². The molecule has 1 saturated heterocycles. The Labute approximate surface area is 180 Å². The third-order valence-electron chi connectivity index (χ3n) is 4.01. The first kappa shape index (κ1) is 20.6. The summed E-state index contributed by atoms with van der Waals surface area (Å²) in [5, 5.41) is 12.4. The molecule has 1 aliphatic rings. The molecule has 2 amide bonds. The van der Waals surface area contributed by atoms with Gasteiger partial charge in [0.05, 0.1) is 10.6 Å². The number of aromatic hydroxyl groups is 1. The van der Waals surface area contributed by atoms with Crippen molar-refractivity contribution in [2.75, 3.05) is 11.9 Å². The van der Waals surface area contributed by atoms with E-state index in [1.165, 1.54) is 22.7 Å². The smallest absolute Gasteiger partial charge is 0.266 e. The Morgan fingerprint density at radius 3 is 2.64 bits per heavy atom. The van der Waals surface area contributed by atoms with E-state index in [4.69, 9.17) is 12.2 Å². The first-order chi connectivity index (χ1) is 13.4. The minimum Gasteiger partial charge on any atom is -0.506 e. The van der Waals surface area contributed by atoms with Gasteiger partial charge in [-0.05, 0) is 42.3 Å². The van der Waals surface area contributed by atoms with Crippen LogP contribution < -0.4 is 5.32 Å². The molecule has 0 unspecified atom stereocenters. The maximum absolute atomic E-state index is 12.6. The second-order valence-corrected chi connectivity index (χ2v) is 8.65. The van der Waals surface area contributed by atoms with Crippen LogP contribution in [-0.4, -0.2) is 32.7 Å². The molecular weight excluding hydrogens is 460 g/mol. The molecule has 1 fully saturated rings. The highest BCUT2D eigenvalue weighted by Gasteiger charge is 2.31. The molecule has 2 aromatic rings. The van der Waals surface area contributed by atoms with Gasteiger partial charge in [-0.2, -0.15) is 0 Å². The highest BCUT2D eigenvalue weighted by molar-refractivity contribution is 9.10. The zero-order valence-electron chi connectivity index (χ0n) is 14.7. The lowest BCUT2D eigenvalue weighted by Crippen LogP contribution is -2.29. The number of amides is 2. The van der Waals surface area contributed by atoms with E-state index in [1.54, 1.807) is 18.2 Å².